The standard InChI is InChI=1S/C4H10.C3H8.2CH4.2CH3.Y/c1-4(2)3;1-3-2;;;;;/h4H,1-3H3;3H2,1-2H3;2*1H4;2*1H3;/q;;;;2*-1;. The molecular formula is C11H32Y-2. The molecule has 0 aromatic rings. The van der Waals surface area contributed by atoms with Gasteiger partial charge in [-0.05, 0) is 5.92 Å². The van der Waals surface area contributed by atoms with Gasteiger partial charge in [0.25, 0.3) is 0 Å². The van der Waals surface area contributed by atoms with Crippen LogP contribution in [0.3, 0.4) is 0 Å². The average molecular weight is 253 g/mol. The van der Waals surface area contributed by atoms with Crippen LogP contribution in [0.5, 0.6) is 0 Å². The van der Waals surface area contributed by atoms with Crippen LogP contribution in [-0.2, 0) is 32.7 Å². The van der Waals surface area contributed by atoms with Crippen molar-refractivity contribution in [3.05, 3.63) is 14.9 Å². The van der Waals surface area contributed by atoms with Gasteiger partial charge in [-0.1, -0.05) is 55.9 Å². The maximum Gasteiger partial charge on any atom is 0 e. The van der Waals surface area contributed by atoms with Gasteiger partial charge in [-0.3, -0.25) is 0 Å². The fourth-order valence-corrected chi connectivity index (χ4v) is 0. The fourth-order valence-electron chi connectivity index (χ4n) is 0. The SMILES string of the molecule is C.C.CC(C)C.CCC.[CH3-].[CH3-].[Y]. The van der Waals surface area contributed by atoms with E-state index in [0.29, 0.717) is 0 Å². The van der Waals surface area contributed by atoms with Crippen LogP contribution in [0.4, 0.5) is 0 Å². The molecular weight excluding hydrogens is 221 g/mol. The first-order chi connectivity index (χ1) is 3.15. The van der Waals surface area contributed by atoms with Crippen LogP contribution >= 0.6 is 0 Å². The maximum atomic E-state index is 2.17. The summed E-state index contributed by atoms with van der Waals surface area (Å²) in [6.45, 7) is 10.8. The third-order valence-corrected chi connectivity index (χ3v) is 0. The van der Waals surface area contributed by atoms with Crippen molar-refractivity contribution >= 4 is 0 Å². The van der Waals surface area contributed by atoms with Crippen molar-refractivity contribution in [2.45, 2.75) is 55.9 Å². The average Bonchev–Trinajstić information content (AvgIpc) is 1.33. The van der Waals surface area contributed by atoms with E-state index in [0.717, 1.165) is 5.92 Å². The Bertz CT molecular complexity index is 16.2. The van der Waals surface area contributed by atoms with Gasteiger partial charge < -0.3 is 14.9 Å². The molecule has 0 atom stereocenters. The van der Waals surface area contributed by atoms with E-state index in [-0.39, 0.29) is 62.4 Å². The van der Waals surface area contributed by atoms with Gasteiger partial charge in [0.2, 0.25) is 0 Å². The number of hydrogen-bond donors (Lipinski definition) is 0. The summed E-state index contributed by atoms with van der Waals surface area (Å²) in [5, 5.41) is 0. The first-order valence-corrected chi connectivity index (χ1v) is 3.15. The zero-order valence-electron chi connectivity index (χ0n) is 8.86. The van der Waals surface area contributed by atoms with Crippen molar-refractivity contribution in [1.29, 1.82) is 0 Å². The van der Waals surface area contributed by atoms with Gasteiger partial charge >= 0.3 is 0 Å². The van der Waals surface area contributed by atoms with Gasteiger partial charge in [0.05, 0.1) is 0 Å². The molecule has 0 aliphatic rings. The summed E-state index contributed by atoms with van der Waals surface area (Å²) < 4.78 is 0. The van der Waals surface area contributed by atoms with E-state index >= 15 is 0 Å². The van der Waals surface area contributed by atoms with Gasteiger partial charge in [-0.2, -0.15) is 0 Å². The monoisotopic (exact) mass is 253 g/mol. The molecule has 81 valence electrons. The smallest absolute Gasteiger partial charge is 0 e. The molecule has 0 aromatic heterocycles. The van der Waals surface area contributed by atoms with Gasteiger partial charge in [-0.25, -0.2) is 0 Å². The van der Waals surface area contributed by atoms with E-state index in [2.05, 4.69) is 34.6 Å². The molecule has 0 fully saturated rings. The molecule has 0 saturated heterocycles. The fraction of sp³-hybridized carbons (Fsp3) is 0.818. The molecule has 0 saturated carbocycles. The van der Waals surface area contributed by atoms with Gasteiger partial charge in [0, 0.05) is 32.7 Å². The summed E-state index contributed by atoms with van der Waals surface area (Å²) in [7, 11) is 0. The Hall–Kier alpha value is 1.10. The van der Waals surface area contributed by atoms with Gasteiger partial charge in [0.15, 0.2) is 0 Å². The molecule has 1 radical (unpaired) electrons. The van der Waals surface area contributed by atoms with Crippen LogP contribution in [0.25, 0.3) is 0 Å². The Morgan fingerprint density at radius 3 is 0.833 bits per heavy atom. The largest absolute Gasteiger partial charge is 0.358 e. The molecule has 0 aromatic carbocycles. The number of hydrogen-bond acceptors (Lipinski definition) is 0. The molecule has 0 amide bonds. The molecule has 0 bridgehead atoms. The Balaban J connectivity index is -0.00000000597. The third-order valence-electron chi connectivity index (χ3n) is 0. The van der Waals surface area contributed by atoms with Gasteiger partial charge in [-0.15, -0.1) is 0 Å². The first kappa shape index (κ1) is 51.5. The van der Waals surface area contributed by atoms with Crippen LogP contribution in [0, 0.1) is 20.8 Å². The molecule has 0 aliphatic heterocycles. The Morgan fingerprint density at radius 1 is 0.833 bits per heavy atom. The molecule has 0 aliphatic carbocycles. The van der Waals surface area contributed by atoms with E-state index in [1.54, 1.807) is 0 Å². The molecule has 0 nitrogen and oxygen atoms in total. The Morgan fingerprint density at radius 2 is 0.833 bits per heavy atom. The van der Waals surface area contributed by atoms with E-state index < -0.39 is 0 Å². The van der Waals surface area contributed by atoms with Crippen LogP contribution in [0.2, 0.25) is 0 Å². The molecule has 0 N–H and O–H groups in total. The van der Waals surface area contributed by atoms with Crippen molar-refractivity contribution < 1.29 is 32.7 Å². The summed E-state index contributed by atoms with van der Waals surface area (Å²) in [5.41, 5.74) is 0. The van der Waals surface area contributed by atoms with Crippen molar-refractivity contribution in [3.8, 4) is 0 Å². The predicted molar refractivity (Wildman–Crippen MR) is 62.8 cm³/mol. The molecule has 0 unspecified atom stereocenters. The summed E-state index contributed by atoms with van der Waals surface area (Å²) in [4.78, 5) is 0. The van der Waals surface area contributed by atoms with Gasteiger partial charge in [0.1, 0.15) is 0 Å². The third kappa shape index (κ3) is 930. The summed E-state index contributed by atoms with van der Waals surface area (Å²) in [6, 6.07) is 0. The second-order valence-electron chi connectivity index (χ2n) is 2.44. The Kier molecular flexibility index (Phi) is 246. The van der Waals surface area contributed by atoms with Crippen molar-refractivity contribution in [2.24, 2.45) is 5.92 Å². The van der Waals surface area contributed by atoms with E-state index in [4.69, 9.17) is 0 Å². The minimum absolute atomic E-state index is 0. The van der Waals surface area contributed by atoms with Crippen LogP contribution in [0.15, 0.2) is 0 Å². The van der Waals surface area contributed by atoms with Crippen LogP contribution < -0.4 is 0 Å². The zero-order valence-corrected chi connectivity index (χ0v) is 11.7. The second kappa shape index (κ2) is 57.3. The van der Waals surface area contributed by atoms with Crippen LogP contribution in [-0.4, -0.2) is 0 Å². The summed E-state index contributed by atoms with van der Waals surface area (Å²) in [6.07, 6.45) is 1.25. The van der Waals surface area contributed by atoms with E-state index in [1.807, 2.05) is 0 Å². The van der Waals surface area contributed by atoms with E-state index in [9.17, 15) is 0 Å². The minimum atomic E-state index is 0. The Labute approximate surface area is 109 Å². The molecule has 0 heterocycles. The number of rotatable bonds is 0. The quantitative estimate of drug-likeness (QED) is 0.517. The predicted octanol–water partition coefficient (Wildman–Crippen LogP) is 5.25. The maximum absolute atomic E-state index is 2.17. The van der Waals surface area contributed by atoms with Crippen molar-refractivity contribution in [2.75, 3.05) is 0 Å². The molecule has 0 rings (SSSR count). The normalized spacial score (nSPS) is 4.50. The minimum Gasteiger partial charge on any atom is -0.358 e. The summed E-state index contributed by atoms with van der Waals surface area (Å²) in [5.74, 6) is 0.833. The van der Waals surface area contributed by atoms with E-state index in [1.165, 1.54) is 6.42 Å². The summed E-state index contributed by atoms with van der Waals surface area (Å²) >= 11 is 0. The van der Waals surface area contributed by atoms with Crippen LogP contribution in [0.1, 0.15) is 55.9 Å². The second-order valence-corrected chi connectivity index (χ2v) is 2.44. The molecule has 12 heavy (non-hydrogen) atoms. The first-order valence-electron chi connectivity index (χ1n) is 3.15. The molecule has 0 spiro atoms. The zero-order chi connectivity index (χ0) is 6.28. The molecule has 1 heteroatoms. The van der Waals surface area contributed by atoms with Crippen molar-refractivity contribution in [1.82, 2.24) is 0 Å². The topological polar surface area (TPSA) is 0 Å². The van der Waals surface area contributed by atoms with Crippen molar-refractivity contribution in [3.63, 3.8) is 0 Å².